The lowest BCUT2D eigenvalue weighted by Crippen LogP contribution is -2.51. The molecule has 2 atom stereocenters. The maximum atomic E-state index is 12.7. The standard InChI is InChI=1S/C24H25Cl2NO3/c1-16(2)24(22(28)29,23(3,4)14-21(25)26)20(15-27)17-9-8-12-19(13-17)30-18-10-6-5-7-11-18/h5-14,16,20H,1-4H3,(H,28,29). The fourth-order valence-corrected chi connectivity index (χ4v) is 4.85. The van der Waals surface area contributed by atoms with Gasteiger partial charge in [-0.15, -0.1) is 0 Å². The van der Waals surface area contributed by atoms with Crippen molar-refractivity contribution in [1.29, 1.82) is 5.26 Å². The number of carboxylic acids is 1. The predicted octanol–water partition coefficient (Wildman–Crippen LogP) is 7.16. The number of ether oxygens (including phenoxy) is 1. The Balaban J connectivity index is 2.64. The first-order valence-corrected chi connectivity index (χ1v) is 10.3. The summed E-state index contributed by atoms with van der Waals surface area (Å²) in [4.78, 5) is 12.7. The third-order valence-electron chi connectivity index (χ3n) is 5.56. The molecule has 4 nitrogen and oxygen atoms in total. The maximum Gasteiger partial charge on any atom is 0.312 e. The van der Waals surface area contributed by atoms with Crippen molar-refractivity contribution in [1.82, 2.24) is 0 Å². The summed E-state index contributed by atoms with van der Waals surface area (Å²) in [6.07, 6.45) is 1.50. The number of benzene rings is 2. The van der Waals surface area contributed by atoms with Crippen LogP contribution < -0.4 is 4.74 Å². The monoisotopic (exact) mass is 445 g/mol. The molecule has 2 unspecified atom stereocenters. The molecule has 1 N–H and O–H groups in total. The van der Waals surface area contributed by atoms with Gasteiger partial charge >= 0.3 is 5.97 Å². The van der Waals surface area contributed by atoms with E-state index < -0.39 is 28.6 Å². The number of para-hydroxylation sites is 1. The number of halogens is 2. The van der Waals surface area contributed by atoms with E-state index in [4.69, 9.17) is 27.9 Å². The van der Waals surface area contributed by atoms with Gasteiger partial charge in [0.1, 0.15) is 16.0 Å². The normalized spacial score (nSPS) is 14.3. The van der Waals surface area contributed by atoms with E-state index in [9.17, 15) is 15.2 Å². The number of hydrogen-bond donors (Lipinski definition) is 1. The zero-order valence-electron chi connectivity index (χ0n) is 17.4. The molecule has 0 amide bonds. The molecular formula is C24H25Cl2NO3. The van der Waals surface area contributed by atoms with Gasteiger partial charge < -0.3 is 9.84 Å². The lowest BCUT2D eigenvalue weighted by Gasteiger charge is -2.47. The second kappa shape index (κ2) is 9.55. The molecule has 0 fully saturated rings. The van der Waals surface area contributed by atoms with E-state index in [0.29, 0.717) is 17.1 Å². The fraction of sp³-hybridized carbons (Fsp3) is 0.333. The average Bonchev–Trinajstić information content (AvgIpc) is 2.65. The molecule has 0 saturated heterocycles. The van der Waals surface area contributed by atoms with Crippen LogP contribution in [0, 0.1) is 28.1 Å². The summed E-state index contributed by atoms with van der Waals surface area (Å²) in [6.45, 7) is 7.06. The van der Waals surface area contributed by atoms with Crippen LogP contribution in [0.5, 0.6) is 11.5 Å². The number of carboxylic acid groups (broad SMARTS) is 1. The second-order valence-electron chi connectivity index (χ2n) is 8.03. The summed E-state index contributed by atoms with van der Waals surface area (Å²) >= 11 is 11.8. The van der Waals surface area contributed by atoms with Gasteiger partial charge in [-0.25, -0.2) is 0 Å². The molecule has 30 heavy (non-hydrogen) atoms. The van der Waals surface area contributed by atoms with Gasteiger partial charge in [0.15, 0.2) is 0 Å². The maximum absolute atomic E-state index is 12.7. The number of nitriles is 1. The van der Waals surface area contributed by atoms with Gasteiger partial charge in [-0.1, -0.05) is 81.2 Å². The molecule has 0 saturated carbocycles. The number of aliphatic carboxylic acids is 1. The Morgan fingerprint density at radius 2 is 1.70 bits per heavy atom. The van der Waals surface area contributed by atoms with E-state index >= 15 is 0 Å². The number of rotatable bonds is 8. The van der Waals surface area contributed by atoms with E-state index in [1.807, 2.05) is 30.3 Å². The van der Waals surface area contributed by atoms with Crippen LogP contribution in [0.25, 0.3) is 0 Å². The number of allylic oxidation sites excluding steroid dienone is 1. The molecule has 0 aliphatic rings. The third kappa shape index (κ3) is 4.64. The molecule has 2 rings (SSSR count). The lowest BCUT2D eigenvalue weighted by atomic mass is 9.52. The highest BCUT2D eigenvalue weighted by atomic mass is 35.5. The van der Waals surface area contributed by atoms with Gasteiger partial charge in [-0.3, -0.25) is 4.79 Å². The minimum Gasteiger partial charge on any atom is -0.481 e. The minimum atomic E-state index is -1.50. The van der Waals surface area contributed by atoms with Crippen LogP contribution in [-0.2, 0) is 4.79 Å². The van der Waals surface area contributed by atoms with E-state index in [1.165, 1.54) is 6.08 Å². The van der Waals surface area contributed by atoms with Crippen LogP contribution in [-0.4, -0.2) is 11.1 Å². The molecule has 6 heteroatoms. The Morgan fingerprint density at radius 1 is 1.10 bits per heavy atom. The first-order valence-electron chi connectivity index (χ1n) is 9.56. The largest absolute Gasteiger partial charge is 0.481 e. The summed E-state index contributed by atoms with van der Waals surface area (Å²) in [7, 11) is 0. The second-order valence-corrected chi connectivity index (χ2v) is 9.04. The van der Waals surface area contributed by atoms with E-state index in [2.05, 4.69) is 6.07 Å². The SMILES string of the molecule is CC(C)C(C(=O)O)(C(C#N)c1cccc(Oc2ccccc2)c1)C(C)(C)C=C(Cl)Cl. The topological polar surface area (TPSA) is 70.3 Å². The van der Waals surface area contributed by atoms with Crippen molar-refractivity contribution < 1.29 is 14.6 Å². The molecule has 2 aromatic rings. The van der Waals surface area contributed by atoms with Gasteiger partial charge in [0.2, 0.25) is 0 Å². The van der Waals surface area contributed by atoms with Gasteiger partial charge in [0.05, 0.1) is 17.4 Å². The van der Waals surface area contributed by atoms with E-state index in [-0.39, 0.29) is 4.49 Å². The van der Waals surface area contributed by atoms with E-state index in [0.717, 1.165) is 0 Å². The summed E-state index contributed by atoms with van der Waals surface area (Å²) in [5.74, 6) is -1.31. The van der Waals surface area contributed by atoms with Gasteiger partial charge in [-0.2, -0.15) is 5.26 Å². The Hall–Kier alpha value is -2.48. The van der Waals surface area contributed by atoms with Crippen LogP contribution in [0.15, 0.2) is 65.2 Å². The first-order chi connectivity index (χ1) is 14.1. The van der Waals surface area contributed by atoms with Crippen LogP contribution in [0.3, 0.4) is 0 Å². The quantitative estimate of drug-likeness (QED) is 0.467. The summed E-state index contributed by atoms with van der Waals surface area (Å²) in [5, 5.41) is 20.6. The van der Waals surface area contributed by atoms with Crippen molar-refractivity contribution in [2.24, 2.45) is 16.7 Å². The molecule has 2 aromatic carbocycles. The molecule has 0 bridgehead atoms. The van der Waals surface area contributed by atoms with Gasteiger partial charge in [0.25, 0.3) is 0 Å². The lowest BCUT2D eigenvalue weighted by molar-refractivity contribution is -0.160. The fourth-order valence-electron chi connectivity index (χ4n) is 4.31. The van der Waals surface area contributed by atoms with Crippen molar-refractivity contribution in [3.05, 3.63) is 70.7 Å². The first kappa shape index (κ1) is 23.8. The molecule has 0 radical (unpaired) electrons. The highest BCUT2D eigenvalue weighted by Gasteiger charge is 2.58. The minimum absolute atomic E-state index is 0.0378. The van der Waals surface area contributed by atoms with Crippen LogP contribution >= 0.6 is 23.2 Å². The van der Waals surface area contributed by atoms with E-state index in [1.54, 1.807) is 52.0 Å². The number of carbonyl (C=O) groups is 1. The molecular weight excluding hydrogens is 421 g/mol. The van der Waals surface area contributed by atoms with Crippen LogP contribution in [0.2, 0.25) is 0 Å². The summed E-state index contributed by atoms with van der Waals surface area (Å²) < 4.78 is 5.85. The zero-order valence-corrected chi connectivity index (χ0v) is 18.9. The highest BCUT2D eigenvalue weighted by Crippen LogP contribution is 2.56. The molecule has 0 heterocycles. The molecule has 158 valence electrons. The smallest absolute Gasteiger partial charge is 0.312 e. The van der Waals surface area contributed by atoms with Crippen molar-refractivity contribution >= 4 is 29.2 Å². The summed E-state index contributed by atoms with van der Waals surface area (Å²) in [6, 6.07) is 18.5. The average molecular weight is 446 g/mol. The molecule has 0 aromatic heterocycles. The van der Waals surface area contributed by atoms with Gasteiger partial charge in [0, 0.05) is 5.41 Å². The molecule has 0 aliphatic carbocycles. The number of nitrogens with zero attached hydrogens (tertiary/aromatic N) is 1. The Bertz CT molecular complexity index is 960. The Labute approximate surface area is 187 Å². The van der Waals surface area contributed by atoms with Gasteiger partial charge in [-0.05, 0) is 41.8 Å². The van der Waals surface area contributed by atoms with Crippen molar-refractivity contribution in [2.45, 2.75) is 33.6 Å². The van der Waals surface area contributed by atoms with Crippen molar-refractivity contribution in [3.63, 3.8) is 0 Å². The highest BCUT2D eigenvalue weighted by molar-refractivity contribution is 6.55. The van der Waals surface area contributed by atoms with Crippen LogP contribution in [0.4, 0.5) is 0 Å². The van der Waals surface area contributed by atoms with Crippen molar-refractivity contribution in [3.8, 4) is 17.6 Å². The molecule has 0 aliphatic heterocycles. The summed E-state index contributed by atoms with van der Waals surface area (Å²) in [5.41, 5.74) is -1.97. The Kier molecular flexibility index (Phi) is 7.58. The number of hydrogen-bond acceptors (Lipinski definition) is 3. The molecule has 0 spiro atoms. The Morgan fingerprint density at radius 3 is 2.20 bits per heavy atom. The third-order valence-corrected chi connectivity index (χ3v) is 5.77. The van der Waals surface area contributed by atoms with Crippen molar-refractivity contribution in [2.75, 3.05) is 0 Å². The van der Waals surface area contributed by atoms with Crippen LogP contribution in [0.1, 0.15) is 39.2 Å². The predicted molar refractivity (Wildman–Crippen MR) is 120 cm³/mol. The zero-order chi connectivity index (χ0) is 22.5.